The Hall–Kier alpha value is -3.86. The average molecular weight is 441 g/mol. The molecule has 168 valence electrons. The molecule has 0 saturated heterocycles. The van der Waals surface area contributed by atoms with Gasteiger partial charge in [0.1, 0.15) is 11.4 Å². The summed E-state index contributed by atoms with van der Waals surface area (Å²) in [5.41, 5.74) is 4.83. The number of aryl methyl sites for hydroxylation is 2. The van der Waals surface area contributed by atoms with E-state index in [1.807, 2.05) is 88.5 Å². The van der Waals surface area contributed by atoms with Gasteiger partial charge in [-0.2, -0.15) is 0 Å². The van der Waals surface area contributed by atoms with Crippen LogP contribution in [-0.4, -0.2) is 25.5 Å². The van der Waals surface area contributed by atoms with Gasteiger partial charge in [0.25, 0.3) is 11.8 Å². The predicted molar refractivity (Wildman–Crippen MR) is 132 cm³/mol. The number of carbonyl (C=O) groups is 2. The summed E-state index contributed by atoms with van der Waals surface area (Å²) in [6.07, 6.45) is 0.824. The fourth-order valence-corrected chi connectivity index (χ4v) is 4.14. The summed E-state index contributed by atoms with van der Waals surface area (Å²) in [6.45, 7) is 6.49. The topological polar surface area (TPSA) is 49.9 Å². The summed E-state index contributed by atoms with van der Waals surface area (Å²) in [4.78, 5) is 30.8. The van der Waals surface area contributed by atoms with Gasteiger partial charge in [-0.05, 0) is 55.7 Å². The second-order valence-corrected chi connectivity index (χ2v) is 8.20. The molecular formula is C28H28N2O3. The smallest absolute Gasteiger partial charge is 0.282 e. The van der Waals surface area contributed by atoms with Crippen LogP contribution in [0.4, 0.5) is 11.4 Å². The Bertz CT molecular complexity index is 1230. The first-order valence-corrected chi connectivity index (χ1v) is 11.1. The minimum absolute atomic E-state index is 0.350. The Balaban J connectivity index is 1.89. The van der Waals surface area contributed by atoms with Crippen molar-refractivity contribution in [1.29, 1.82) is 0 Å². The van der Waals surface area contributed by atoms with Crippen LogP contribution >= 0.6 is 0 Å². The normalized spacial score (nSPS) is 13.6. The number of amides is 2. The molecule has 4 rings (SSSR count). The zero-order chi connectivity index (χ0) is 23.5. The highest BCUT2D eigenvalue weighted by Gasteiger charge is 2.43. The maximum atomic E-state index is 13.9. The molecule has 0 aromatic heterocycles. The summed E-state index contributed by atoms with van der Waals surface area (Å²) >= 11 is 0. The molecule has 0 atom stereocenters. The number of nitrogens with zero attached hydrogens (tertiary/aromatic N) is 2. The molecule has 0 N–H and O–H groups in total. The minimum atomic E-state index is -0.367. The molecule has 0 saturated carbocycles. The van der Waals surface area contributed by atoms with Crippen molar-refractivity contribution in [2.45, 2.75) is 27.2 Å². The Morgan fingerprint density at radius 3 is 2.27 bits per heavy atom. The van der Waals surface area contributed by atoms with Gasteiger partial charge < -0.3 is 9.64 Å². The molecule has 33 heavy (non-hydrogen) atoms. The summed E-state index contributed by atoms with van der Waals surface area (Å²) in [7, 11) is 1.82. The van der Waals surface area contributed by atoms with Gasteiger partial charge in [0.2, 0.25) is 0 Å². The summed E-state index contributed by atoms with van der Waals surface area (Å²) < 4.78 is 5.88. The average Bonchev–Trinajstić information content (AvgIpc) is 3.07. The molecule has 1 aliphatic rings. The fourth-order valence-electron chi connectivity index (χ4n) is 4.14. The van der Waals surface area contributed by atoms with Crippen molar-refractivity contribution >= 4 is 28.8 Å². The Labute approximate surface area is 194 Å². The minimum Gasteiger partial charge on any atom is -0.491 e. The van der Waals surface area contributed by atoms with Crippen molar-refractivity contribution in [3.63, 3.8) is 0 Å². The molecule has 5 nitrogen and oxygen atoms in total. The first kappa shape index (κ1) is 22.3. The van der Waals surface area contributed by atoms with Crippen LogP contribution in [0.25, 0.3) is 5.57 Å². The number of likely N-dealkylation sites (N-methyl/N-ethyl adjacent to an activating group) is 1. The molecule has 1 heterocycles. The summed E-state index contributed by atoms with van der Waals surface area (Å²) in [5.74, 6) is -0.198. The number of carbonyl (C=O) groups excluding carboxylic acids is 2. The van der Waals surface area contributed by atoms with E-state index in [2.05, 4.69) is 0 Å². The van der Waals surface area contributed by atoms with Crippen LogP contribution in [0, 0.1) is 13.8 Å². The second kappa shape index (κ2) is 9.33. The van der Waals surface area contributed by atoms with E-state index in [1.54, 1.807) is 17.0 Å². The van der Waals surface area contributed by atoms with Gasteiger partial charge in [-0.3, -0.25) is 9.59 Å². The third-order valence-corrected chi connectivity index (χ3v) is 5.76. The quantitative estimate of drug-likeness (QED) is 0.455. The zero-order valence-corrected chi connectivity index (χ0v) is 19.5. The van der Waals surface area contributed by atoms with Crippen LogP contribution in [0.15, 0.2) is 78.5 Å². The van der Waals surface area contributed by atoms with E-state index >= 15 is 0 Å². The first-order valence-electron chi connectivity index (χ1n) is 11.1. The van der Waals surface area contributed by atoms with E-state index in [0.717, 1.165) is 28.8 Å². The second-order valence-electron chi connectivity index (χ2n) is 8.20. The number of anilines is 2. The third kappa shape index (κ3) is 4.14. The SMILES string of the molecule is CCCOc1ccccc1N1C(=O)C(c2ccc(C)cc2C)=C(N(C)c2ccccc2)C1=O. The largest absolute Gasteiger partial charge is 0.491 e. The van der Waals surface area contributed by atoms with Crippen molar-refractivity contribution < 1.29 is 14.3 Å². The van der Waals surface area contributed by atoms with Crippen LogP contribution in [0.3, 0.4) is 0 Å². The molecule has 0 bridgehead atoms. The molecule has 5 heteroatoms. The monoisotopic (exact) mass is 440 g/mol. The number of benzene rings is 3. The number of hydrogen-bond acceptors (Lipinski definition) is 4. The summed E-state index contributed by atoms with van der Waals surface area (Å²) in [6, 6.07) is 22.7. The van der Waals surface area contributed by atoms with E-state index in [9.17, 15) is 9.59 Å². The molecule has 3 aromatic rings. The van der Waals surface area contributed by atoms with Crippen molar-refractivity contribution in [2.24, 2.45) is 0 Å². The third-order valence-electron chi connectivity index (χ3n) is 5.76. The highest BCUT2D eigenvalue weighted by molar-refractivity contribution is 6.46. The van der Waals surface area contributed by atoms with Crippen molar-refractivity contribution in [1.82, 2.24) is 0 Å². The highest BCUT2D eigenvalue weighted by atomic mass is 16.5. The Morgan fingerprint density at radius 2 is 1.58 bits per heavy atom. The molecular weight excluding hydrogens is 412 g/mol. The van der Waals surface area contributed by atoms with Gasteiger partial charge in [0, 0.05) is 12.7 Å². The van der Waals surface area contributed by atoms with Crippen LogP contribution in [0.1, 0.15) is 30.0 Å². The lowest BCUT2D eigenvalue weighted by Crippen LogP contribution is -2.34. The van der Waals surface area contributed by atoms with Crippen molar-refractivity contribution in [3.8, 4) is 5.75 Å². The van der Waals surface area contributed by atoms with Crippen molar-refractivity contribution in [3.05, 3.63) is 95.2 Å². The van der Waals surface area contributed by atoms with Gasteiger partial charge in [-0.25, -0.2) is 4.90 Å². The van der Waals surface area contributed by atoms with Gasteiger partial charge in [-0.1, -0.05) is 61.0 Å². The number of hydrogen-bond donors (Lipinski definition) is 0. The maximum Gasteiger partial charge on any atom is 0.282 e. The first-order chi connectivity index (χ1) is 15.9. The van der Waals surface area contributed by atoms with Crippen molar-refractivity contribution in [2.75, 3.05) is 23.5 Å². The standard InChI is InChI=1S/C28H28N2O3/c1-5-17-33-24-14-10-9-13-23(24)30-27(31)25(22-16-15-19(2)18-20(22)3)26(28(30)32)29(4)21-11-7-6-8-12-21/h6-16,18H,5,17H2,1-4H3. The van der Waals surface area contributed by atoms with E-state index in [1.165, 1.54) is 4.90 Å². The zero-order valence-electron chi connectivity index (χ0n) is 19.5. The van der Waals surface area contributed by atoms with Gasteiger partial charge in [0.05, 0.1) is 17.9 Å². The highest BCUT2D eigenvalue weighted by Crippen LogP contribution is 2.40. The van der Waals surface area contributed by atoms with Crippen LogP contribution < -0.4 is 14.5 Å². The molecule has 3 aromatic carbocycles. The number of imide groups is 1. The molecule has 0 fully saturated rings. The Kier molecular flexibility index (Phi) is 6.31. The lowest BCUT2D eigenvalue weighted by molar-refractivity contribution is -0.120. The molecule has 0 spiro atoms. The molecule has 0 radical (unpaired) electrons. The maximum absolute atomic E-state index is 13.9. The van der Waals surface area contributed by atoms with Crippen LogP contribution in [0.2, 0.25) is 0 Å². The molecule has 2 amide bonds. The Morgan fingerprint density at radius 1 is 0.879 bits per heavy atom. The van der Waals surface area contributed by atoms with Gasteiger partial charge in [-0.15, -0.1) is 0 Å². The van der Waals surface area contributed by atoms with E-state index in [0.29, 0.717) is 29.3 Å². The number of para-hydroxylation sites is 3. The van der Waals surface area contributed by atoms with Gasteiger partial charge >= 0.3 is 0 Å². The van der Waals surface area contributed by atoms with Crippen LogP contribution in [0.5, 0.6) is 5.75 Å². The van der Waals surface area contributed by atoms with E-state index < -0.39 is 0 Å². The molecule has 1 aliphatic heterocycles. The molecule has 0 aliphatic carbocycles. The molecule has 0 unspecified atom stereocenters. The fraction of sp³-hybridized carbons (Fsp3) is 0.214. The van der Waals surface area contributed by atoms with E-state index in [4.69, 9.17) is 4.74 Å². The van der Waals surface area contributed by atoms with Gasteiger partial charge in [0.15, 0.2) is 0 Å². The predicted octanol–water partition coefficient (Wildman–Crippen LogP) is 5.51. The summed E-state index contributed by atoms with van der Waals surface area (Å²) in [5, 5.41) is 0. The van der Waals surface area contributed by atoms with Crippen LogP contribution in [-0.2, 0) is 9.59 Å². The lowest BCUT2D eigenvalue weighted by atomic mass is 9.97. The number of ether oxygens (including phenoxy) is 1. The van der Waals surface area contributed by atoms with E-state index in [-0.39, 0.29) is 11.8 Å². The number of rotatable bonds is 7. The lowest BCUT2D eigenvalue weighted by Gasteiger charge is -2.22.